The number of rotatable bonds is 4. The van der Waals surface area contributed by atoms with Gasteiger partial charge in [0.05, 0.1) is 0 Å². The van der Waals surface area contributed by atoms with Gasteiger partial charge in [-0.2, -0.15) is 31.3 Å². The maximum atomic E-state index is 12.4. The highest BCUT2D eigenvalue weighted by Crippen LogP contribution is 2.29. The van der Waals surface area contributed by atoms with E-state index in [2.05, 4.69) is 14.7 Å². The highest BCUT2D eigenvalue weighted by Gasteiger charge is 2.38. The van der Waals surface area contributed by atoms with Crippen molar-refractivity contribution in [3.05, 3.63) is 35.7 Å². The summed E-state index contributed by atoms with van der Waals surface area (Å²) in [6, 6.07) is 5.38. The van der Waals surface area contributed by atoms with E-state index in [-0.39, 0.29) is 17.9 Å². The SMILES string of the molecule is CC(=O)N(Cc1ccc(-c2noc(C(F)(F)F)n2)cc1)CC(F)(F)F. The second-order valence-corrected chi connectivity index (χ2v) is 5.11. The number of nitrogens with zero attached hydrogens (tertiary/aromatic N) is 3. The van der Waals surface area contributed by atoms with Crippen LogP contribution in [0.3, 0.4) is 0 Å². The molecule has 1 aromatic heterocycles. The van der Waals surface area contributed by atoms with Crippen LogP contribution in [0.15, 0.2) is 28.8 Å². The predicted octanol–water partition coefficient (Wildman–Crippen LogP) is 3.67. The maximum absolute atomic E-state index is 12.4. The number of carbonyl (C=O) groups excluding carboxylic acids is 1. The van der Waals surface area contributed by atoms with Crippen LogP contribution < -0.4 is 0 Å². The lowest BCUT2D eigenvalue weighted by molar-refractivity contribution is -0.161. The van der Waals surface area contributed by atoms with E-state index in [0.717, 1.165) is 6.92 Å². The predicted molar refractivity (Wildman–Crippen MR) is 71.9 cm³/mol. The summed E-state index contributed by atoms with van der Waals surface area (Å²) >= 11 is 0. The smallest absolute Gasteiger partial charge is 0.330 e. The molecule has 0 atom stereocenters. The Morgan fingerprint density at radius 2 is 1.72 bits per heavy atom. The van der Waals surface area contributed by atoms with Gasteiger partial charge < -0.3 is 9.42 Å². The molecule has 1 heterocycles. The number of amides is 1. The molecule has 1 aromatic carbocycles. The van der Waals surface area contributed by atoms with E-state index in [1.54, 1.807) is 0 Å². The second kappa shape index (κ2) is 6.73. The van der Waals surface area contributed by atoms with Gasteiger partial charge in [-0.25, -0.2) is 0 Å². The van der Waals surface area contributed by atoms with Crippen molar-refractivity contribution in [3.63, 3.8) is 0 Å². The van der Waals surface area contributed by atoms with Gasteiger partial charge in [0, 0.05) is 19.0 Å². The highest BCUT2D eigenvalue weighted by molar-refractivity contribution is 5.73. The van der Waals surface area contributed by atoms with Gasteiger partial charge in [0.1, 0.15) is 6.54 Å². The topological polar surface area (TPSA) is 59.2 Å². The summed E-state index contributed by atoms with van der Waals surface area (Å²) in [5.41, 5.74) is 0.552. The lowest BCUT2D eigenvalue weighted by atomic mass is 10.1. The third-order valence-corrected chi connectivity index (χ3v) is 3.07. The minimum absolute atomic E-state index is 0.188. The minimum Gasteiger partial charge on any atom is -0.330 e. The number of hydrogen-bond acceptors (Lipinski definition) is 4. The van der Waals surface area contributed by atoms with Crippen LogP contribution in [0.2, 0.25) is 0 Å². The summed E-state index contributed by atoms with van der Waals surface area (Å²) in [6.45, 7) is -0.683. The summed E-state index contributed by atoms with van der Waals surface area (Å²) in [6.07, 6.45) is -9.31. The van der Waals surface area contributed by atoms with Crippen molar-refractivity contribution in [2.75, 3.05) is 6.54 Å². The Bertz CT molecular complexity index is 736. The first-order valence-corrected chi connectivity index (χ1v) is 6.78. The van der Waals surface area contributed by atoms with Crippen molar-refractivity contribution < 1.29 is 35.7 Å². The summed E-state index contributed by atoms with van der Waals surface area (Å²) in [4.78, 5) is 15.1. The Morgan fingerprint density at radius 3 is 2.16 bits per heavy atom. The molecular formula is C14H11F6N3O2. The molecule has 1 amide bonds. The van der Waals surface area contributed by atoms with E-state index in [4.69, 9.17) is 0 Å². The fourth-order valence-electron chi connectivity index (χ4n) is 1.93. The normalized spacial score (nSPS) is 12.3. The first-order chi connectivity index (χ1) is 11.5. The van der Waals surface area contributed by atoms with Gasteiger partial charge in [0.25, 0.3) is 0 Å². The molecule has 0 saturated heterocycles. The molecule has 0 unspecified atom stereocenters. The number of alkyl halides is 6. The van der Waals surface area contributed by atoms with Crippen LogP contribution in [-0.4, -0.2) is 33.7 Å². The second-order valence-electron chi connectivity index (χ2n) is 5.11. The van der Waals surface area contributed by atoms with Crippen LogP contribution in [0.25, 0.3) is 11.4 Å². The third-order valence-electron chi connectivity index (χ3n) is 3.07. The van der Waals surface area contributed by atoms with Gasteiger partial charge >= 0.3 is 18.2 Å². The summed E-state index contributed by atoms with van der Waals surface area (Å²) in [5, 5.41) is 3.20. The van der Waals surface area contributed by atoms with Crippen LogP contribution in [0.1, 0.15) is 18.4 Å². The summed E-state index contributed by atoms with van der Waals surface area (Å²) in [5.74, 6) is -2.56. The van der Waals surface area contributed by atoms with Crippen molar-refractivity contribution in [1.82, 2.24) is 15.0 Å². The number of hydrogen-bond donors (Lipinski definition) is 0. The fraction of sp³-hybridized carbons (Fsp3) is 0.357. The largest absolute Gasteiger partial charge is 0.471 e. The average molecular weight is 367 g/mol. The zero-order valence-corrected chi connectivity index (χ0v) is 12.6. The van der Waals surface area contributed by atoms with E-state index in [1.807, 2.05) is 0 Å². The van der Waals surface area contributed by atoms with Crippen LogP contribution >= 0.6 is 0 Å². The molecule has 0 spiro atoms. The van der Waals surface area contributed by atoms with Gasteiger partial charge in [-0.1, -0.05) is 29.4 Å². The molecule has 5 nitrogen and oxygen atoms in total. The van der Waals surface area contributed by atoms with Crippen molar-refractivity contribution in [2.45, 2.75) is 25.8 Å². The molecule has 11 heteroatoms. The zero-order chi connectivity index (χ0) is 18.8. The van der Waals surface area contributed by atoms with Gasteiger partial charge in [0.2, 0.25) is 11.7 Å². The molecule has 0 N–H and O–H groups in total. The first kappa shape index (κ1) is 18.7. The van der Waals surface area contributed by atoms with E-state index >= 15 is 0 Å². The summed E-state index contributed by atoms with van der Waals surface area (Å²) < 4.78 is 78.7. The monoisotopic (exact) mass is 367 g/mol. The molecule has 0 saturated carbocycles. The Kier molecular flexibility index (Phi) is 5.04. The van der Waals surface area contributed by atoms with Crippen molar-refractivity contribution in [2.24, 2.45) is 0 Å². The third kappa shape index (κ3) is 5.19. The minimum atomic E-state index is -4.77. The molecule has 0 fully saturated rings. The Labute approximate surface area is 137 Å². The Balaban J connectivity index is 2.14. The van der Waals surface area contributed by atoms with E-state index < -0.39 is 30.7 Å². The number of halogens is 6. The lowest BCUT2D eigenvalue weighted by Crippen LogP contribution is -2.37. The highest BCUT2D eigenvalue weighted by atomic mass is 19.4. The molecule has 2 aromatic rings. The molecular weight excluding hydrogens is 356 g/mol. The molecule has 0 bridgehead atoms. The van der Waals surface area contributed by atoms with E-state index in [1.165, 1.54) is 24.3 Å². The maximum Gasteiger partial charge on any atom is 0.471 e. The Hall–Kier alpha value is -2.59. The number of aromatic nitrogens is 2. The molecule has 0 aliphatic carbocycles. The molecule has 0 radical (unpaired) electrons. The van der Waals surface area contributed by atoms with Gasteiger partial charge in [0.15, 0.2) is 0 Å². The van der Waals surface area contributed by atoms with Crippen LogP contribution in [-0.2, 0) is 17.5 Å². The van der Waals surface area contributed by atoms with Crippen molar-refractivity contribution >= 4 is 5.91 Å². The van der Waals surface area contributed by atoms with Crippen LogP contribution in [0.5, 0.6) is 0 Å². The summed E-state index contributed by atoms with van der Waals surface area (Å²) in [7, 11) is 0. The fourth-order valence-corrected chi connectivity index (χ4v) is 1.93. The molecule has 25 heavy (non-hydrogen) atoms. The van der Waals surface area contributed by atoms with Crippen molar-refractivity contribution in [1.29, 1.82) is 0 Å². The molecule has 136 valence electrons. The Morgan fingerprint density at radius 1 is 1.12 bits per heavy atom. The molecule has 2 rings (SSSR count). The number of benzene rings is 1. The van der Waals surface area contributed by atoms with Crippen LogP contribution in [0, 0.1) is 0 Å². The van der Waals surface area contributed by atoms with E-state index in [9.17, 15) is 31.1 Å². The lowest BCUT2D eigenvalue weighted by Gasteiger charge is -2.22. The van der Waals surface area contributed by atoms with Gasteiger partial charge in [-0.3, -0.25) is 4.79 Å². The standard InChI is InChI=1S/C14H11F6N3O2/c1-8(24)23(7-13(15,16)17)6-9-2-4-10(5-3-9)11-21-12(25-22-11)14(18,19)20/h2-5H,6-7H2,1H3. The first-order valence-electron chi connectivity index (χ1n) is 6.78. The van der Waals surface area contributed by atoms with E-state index in [0.29, 0.717) is 10.5 Å². The van der Waals surface area contributed by atoms with Gasteiger partial charge in [-0.05, 0) is 5.56 Å². The number of carbonyl (C=O) groups is 1. The van der Waals surface area contributed by atoms with Gasteiger partial charge in [-0.15, -0.1) is 0 Å². The van der Waals surface area contributed by atoms with Crippen LogP contribution in [0.4, 0.5) is 26.3 Å². The van der Waals surface area contributed by atoms with Crippen molar-refractivity contribution in [3.8, 4) is 11.4 Å². The average Bonchev–Trinajstić information content (AvgIpc) is 2.95. The molecule has 0 aliphatic rings. The molecule has 0 aliphatic heterocycles. The zero-order valence-electron chi connectivity index (χ0n) is 12.6. The quantitative estimate of drug-likeness (QED) is 0.774.